The fourth-order valence-corrected chi connectivity index (χ4v) is 2.43. The molecule has 0 radical (unpaired) electrons. The van der Waals surface area contributed by atoms with Crippen LogP contribution >= 0.6 is 0 Å². The third-order valence-electron chi connectivity index (χ3n) is 3.95. The Morgan fingerprint density at radius 3 is 1.97 bits per heavy atom. The van der Waals surface area contributed by atoms with E-state index in [0.29, 0.717) is 5.56 Å². The number of amides is 1. The van der Waals surface area contributed by atoms with Crippen LogP contribution in [0.3, 0.4) is 0 Å². The third-order valence-corrected chi connectivity index (χ3v) is 3.95. The topological polar surface area (TPSA) is 81.7 Å². The van der Waals surface area contributed by atoms with Gasteiger partial charge in [-0.05, 0) is 51.0 Å². The zero-order valence-electron chi connectivity index (χ0n) is 16.7. The molecule has 0 aliphatic rings. The Kier molecular flexibility index (Phi) is 7.55. The number of esters is 2. The maximum atomic E-state index is 12.8. The van der Waals surface area contributed by atoms with Gasteiger partial charge in [-0.1, -0.05) is 41.8 Å². The fourth-order valence-electron chi connectivity index (χ4n) is 2.43. The van der Waals surface area contributed by atoms with E-state index in [1.54, 1.807) is 56.3 Å². The number of rotatable bonds is 6. The number of hydrogen-bond donors (Lipinski definition) is 1. The van der Waals surface area contributed by atoms with Crippen molar-refractivity contribution in [2.45, 2.75) is 26.3 Å². The van der Waals surface area contributed by atoms with Gasteiger partial charge in [-0.25, -0.2) is 9.59 Å². The number of carbonyl (C=O) groups excluding carboxylic acids is 3. The molecule has 0 aliphatic heterocycles. The number of benzene rings is 2. The van der Waals surface area contributed by atoms with Crippen LogP contribution in [0.1, 0.15) is 35.3 Å². The molecular weight excluding hydrogens is 370 g/mol. The lowest BCUT2D eigenvalue weighted by atomic mass is 9.98. The highest BCUT2D eigenvalue weighted by Crippen LogP contribution is 2.14. The van der Waals surface area contributed by atoms with Gasteiger partial charge in [-0.3, -0.25) is 4.79 Å². The van der Waals surface area contributed by atoms with Crippen molar-refractivity contribution in [2.24, 2.45) is 0 Å². The molecule has 6 heteroatoms. The molecule has 0 atom stereocenters. The van der Waals surface area contributed by atoms with Crippen molar-refractivity contribution in [2.75, 3.05) is 13.2 Å². The van der Waals surface area contributed by atoms with Crippen LogP contribution in [0.25, 0.3) is 0 Å². The molecule has 1 N–H and O–H groups in total. The molecule has 0 saturated carbocycles. The quantitative estimate of drug-likeness (QED) is 0.464. The molecule has 2 aromatic carbocycles. The van der Waals surface area contributed by atoms with E-state index in [9.17, 15) is 14.4 Å². The van der Waals surface area contributed by atoms with Crippen LogP contribution in [0.2, 0.25) is 0 Å². The number of ether oxygens (including phenoxy) is 2. The second kappa shape index (κ2) is 10.1. The maximum Gasteiger partial charge on any atom is 0.356 e. The zero-order chi connectivity index (χ0) is 21.3. The summed E-state index contributed by atoms with van der Waals surface area (Å²) >= 11 is 0. The van der Waals surface area contributed by atoms with Crippen LogP contribution in [0.15, 0.2) is 54.6 Å². The molecular formula is C23H23NO5. The molecule has 0 unspecified atom stereocenters. The van der Waals surface area contributed by atoms with Gasteiger partial charge in [-0.15, -0.1) is 0 Å². The Morgan fingerprint density at radius 1 is 0.897 bits per heavy atom. The molecule has 150 valence electrons. The normalized spacial score (nSPS) is 10.3. The molecule has 29 heavy (non-hydrogen) atoms. The minimum Gasteiger partial charge on any atom is -0.463 e. The van der Waals surface area contributed by atoms with E-state index in [2.05, 4.69) is 17.2 Å². The third kappa shape index (κ3) is 5.45. The van der Waals surface area contributed by atoms with E-state index in [1.165, 1.54) is 0 Å². The largest absolute Gasteiger partial charge is 0.463 e. The standard InChI is InChI=1S/C23H23NO5/c1-4-28-21(26)23(22(27)29-5-2,16-15-18-13-11-17(3)12-14-18)24-20(25)19-9-7-6-8-10-19/h6-14H,4-5H2,1-3H3,(H,24,25). The van der Waals surface area contributed by atoms with E-state index < -0.39 is 23.4 Å². The van der Waals surface area contributed by atoms with Gasteiger partial charge in [-0.2, -0.15) is 0 Å². The zero-order valence-corrected chi connectivity index (χ0v) is 16.7. The summed E-state index contributed by atoms with van der Waals surface area (Å²) in [5.74, 6) is 2.75. The van der Waals surface area contributed by atoms with E-state index in [-0.39, 0.29) is 18.8 Å². The Hall–Kier alpha value is -3.59. The highest BCUT2D eigenvalue weighted by molar-refractivity contribution is 6.13. The maximum absolute atomic E-state index is 12.8. The van der Waals surface area contributed by atoms with Gasteiger partial charge in [0.05, 0.1) is 13.2 Å². The minimum atomic E-state index is -2.29. The average Bonchev–Trinajstić information content (AvgIpc) is 2.73. The number of carbonyl (C=O) groups is 3. The highest BCUT2D eigenvalue weighted by atomic mass is 16.6. The molecule has 0 bridgehead atoms. The minimum absolute atomic E-state index is 0.00735. The molecule has 0 aliphatic carbocycles. The van der Waals surface area contributed by atoms with Crippen LogP contribution in [0.4, 0.5) is 0 Å². The van der Waals surface area contributed by atoms with Gasteiger partial charge >= 0.3 is 11.9 Å². The number of nitrogens with one attached hydrogen (secondary N) is 1. The molecule has 0 saturated heterocycles. The van der Waals surface area contributed by atoms with Crippen LogP contribution in [-0.2, 0) is 19.1 Å². The summed E-state index contributed by atoms with van der Waals surface area (Å²) in [4.78, 5) is 38.3. The highest BCUT2D eigenvalue weighted by Gasteiger charge is 2.49. The fraction of sp³-hybridized carbons (Fsp3) is 0.261. The van der Waals surface area contributed by atoms with Crippen molar-refractivity contribution < 1.29 is 23.9 Å². The predicted octanol–water partition coefficient (Wildman–Crippen LogP) is 2.64. The van der Waals surface area contributed by atoms with Crippen molar-refractivity contribution in [3.05, 3.63) is 71.3 Å². The lowest BCUT2D eigenvalue weighted by molar-refractivity contribution is -0.161. The molecule has 0 aromatic heterocycles. The molecule has 0 heterocycles. The summed E-state index contributed by atoms with van der Waals surface area (Å²) in [6.45, 7) is 5.14. The van der Waals surface area contributed by atoms with E-state index >= 15 is 0 Å². The van der Waals surface area contributed by atoms with Gasteiger partial charge in [0.15, 0.2) is 0 Å². The second-order valence-electron chi connectivity index (χ2n) is 6.13. The molecule has 1 amide bonds. The first kappa shape index (κ1) is 21.7. The van der Waals surface area contributed by atoms with E-state index in [0.717, 1.165) is 5.56 Å². The summed E-state index contributed by atoms with van der Waals surface area (Å²) in [5.41, 5.74) is -0.413. The summed E-state index contributed by atoms with van der Waals surface area (Å²) in [6.07, 6.45) is 0. The summed E-state index contributed by atoms with van der Waals surface area (Å²) in [7, 11) is 0. The average molecular weight is 393 g/mol. The smallest absolute Gasteiger partial charge is 0.356 e. The Labute approximate surface area is 170 Å². The van der Waals surface area contributed by atoms with Gasteiger partial charge in [0.1, 0.15) is 0 Å². The first-order chi connectivity index (χ1) is 13.9. The number of aryl methyl sites for hydroxylation is 1. The molecule has 0 spiro atoms. The Balaban J connectivity index is 2.53. The van der Waals surface area contributed by atoms with Crippen molar-refractivity contribution in [3.8, 4) is 11.8 Å². The van der Waals surface area contributed by atoms with Crippen LogP contribution in [0, 0.1) is 18.8 Å². The lowest BCUT2D eigenvalue weighted by Gasteiger charge is -2.25. The Morgan fingerprint density at radius 2 is 1.45 bits per heavy atom. The van der Waals surface area contributed by atoms with Crippen LogP contribution in [0.5, 0.6) is 0 Å². The first-order valence-corrected chi connectivity index (χ1v) is 9.24. The van der Waals surface area contributed by atoms with Crippen molar-refractivity contribution in [1.82, 2.24) is 5.32 Å². The van der Waals surface area contributed by atoms with Crippen molar-refractivity contribution >= 4 is 17.8 Å². The van der Waals surface area contributed by atoms with Crippen molar-refractivity contribution in [3.63, 3.8) is 0 Å². The molecule has 6 nitrogen and oxygen atoms in total. The summed E-state index contributed by atoms with van der Waals surface area (Å²) < 4.78 is 10.1. The Bertz CT molecular complexity index is 905. The first-order valence-electron chi connectivity index (χ1n) is 9.24. The molecule has 2 aromatic rings. The van der Waals surface area contributed by atoms with Crippen LogP contribution < -0.4 is 5.32 Å². The molecule has 0 fully saturated rings. The van der Waals surface area contributed by atoms with Crippen molar-refractivity contribution in [1.29, 1.82) is 0 Å². The van der Waals surface area contributed by atoms with Gasteiger partial charge in [0, 0.05) is 11.1 Å². The molecule has 2 rings (SSSR count). The van der Waals surface area contributed by atoms with E-state index in [4.69, 9.17) is 9.47 Å². The summed E-state index contributed by atoms with van der Waals surface area (Å²) in [6, 6.07) is 15.4. The van der Waals surface area contributed by atoms with Gasteiger partial charge < -0.3 is 14.8 Å². The van der Waals surface area contributed by atoms with E-state index in [1.807, 2.05) is 19.1 Å². The lowest BCUT2D eigenvalue weighted by Crippen LogP contribution is -2.60. The van der Waals surface area contributed by atoms with Gasteiger partial charge in [0.2, 0.25) is 0 Å². The number of hydrogen-bond acceptors (Lipinski definition) is 5. The second-order valence-corrected chi connectivity index (χ2v) is 6.13. The SMILES string of the molecule is CCOC(=O)C(C#Cc1ccc(C)cc1)(NC(=O)c1ccccc1)C(=O)OCC. The van der Waals surface area contributed by atoms with Gasteiger partial charge in [0.25, 0.3) is 11.4 Å². The van der Waals surface area contributed by atoms with Crippen LogP contribution in [-0.4, -0.2) is 36.6 Å². The monoisotopic (exact) mass is 393 g/mol. The summed E-state index contributed by atoms with van der Waals surface area (Å²) in [5, 5.41) is 2.44. The predicted molar refractivity (Wildman–Crippen MR) is 108 cm³/mol.